The molecule has 1 aromatic carbocycles. The number of nitrogens with zero attached hydrogens (tertiary/aromatic N) is 2. The molecule has 1 unspecified atom stereocenters. The van der Waals surface area contributed by atoms with Crippen molar-refractivity contribution in [2.24, 2.45) is 11.7 Å². The molecule has 1 aliphatic rings. The van der Waals surface area contributed by atoms with Crippen molar-refractivity contribution in [2.45, 2.75) is 25.8 Å². The number of hydrogen-bond acceptors (Lipinski definition) is 4. The summed E-state index contributed by atoms with van der Waals surface area (Å²) in [6.45, 7) is 3.13. The largest absolute Gasteiger partial charge is 0.381 e. The maximum atomic E-state index is 14.3. The van der Waals surface area contributed by atoms with Crippen molar-refractivity contribution in [1.82, 2.24) is 9.78 Å². The third-order valence-electron chi connectivity index (χ3n) is 4.25. The highest BCUT2D eigenvalue weighted by Crippen LogP contribution is 2.21. The molecule has 1 saturated heterocycles. The van der Waals surface area contributed by atoms with Gasteiger partial charge in [-0.1, -0.05) is 0 Å². The lowest BCUT2D eigenvalue weighted by molar-refractivity contribution is -0.119. The summed E-state index contributed by atoms with van der Waals surface area (Å²) in [5.74, 6) is -0.672. The van der Waals surface area contributed by atoms with Crippen LogP contribution < -0.4 is 11.1 Å². The molecule has 0 aliphatic carbocycles. The number of aryl methyl sites for hydroxylation is 1. The number of rotatable bonds is 4. The highest BCUT2D eigenvalue weighted by Gasteiger charge is 2.26. The van der Waals surface area contributed by atoms with E-state index in [0.717, 1.165) is 18.4 Å². The fourth-order valence-electron chi connectivity index (χ4n) is 2.83. The molecular weight excluding hydrogens is 311 g/mol. The summed E-state index contributed by atoms with van der Waals surface area (Å²) in [4.78, 5) is 12.3. The van der Waals surface area contributed by atoms with Crippen molar-refractivity contribution in [2.75, 3.05) is 18.5 Å². The Morgan fingerprint density at radius 1 is 1.46 bits per heavy atom. The van der Waals surface area contributed by atoms with Crippen molar-refractivity contribution in [3.63, 3.8) is 0 Å². The van der Waals surface area contributed by atoms with Crippen LogP contribution in [-0.2, 0) is 9.53 Å². The lowest BCUT2D eigenvalue weighted by Crippen LogP contribution is -2.44. The van der Waals surface area contributed by atoms with E-state index >= 15 is 0 Å². The SMILES string of the molecule is Cc1cnn(-c2ccc(NC(=O)C(N)C3CCOCC3)cc2F)c1. The molecule has 1 atom stereocenters. The van der Waals surface area contributed by atoms with Crippen LogP contribution in [-0.4, -0.2) is 34.9 Å². The van der Waals surface area contributed by atoms with Gasteiger partial charge in [-0.05, 0) is 49.4 Å². The van der Waals surface area contributed by atoms with E-state index in [2.05, 4.69) is 10.4 Å². The fourth-order valence-corrected chi connectivity index (χ4v) is 2.83. The minimum Gasteiger partial charge on any atom is -0.381 e. The average Bonchev–Trinajstić information content (AvgIpc) is 3.01. The molecule has 0 spiro atoms. The van der Waals surface area contributed by atoms with Gasteiger partial charge in [0, 0.05) is 25.1 Å². The molecule has 3 rings (SSSR count). The third-order valence-corrected chi connectivity index (χ3v) is 4.25. The second kappa shape index (κ2) is 7.11. The topological polar surface area (TPSA) is 82.2 Å². The van der Waals surface area contributed by atoms with Gasteiger partial charge in [-0.3, -0.25) is 4.79 Å². The first-order valence-corrected chi connectivity index (χ1v) is 8.00. The summed E-state index contributed by atoms with van der Waals surface area (Å²) >= 11 is 0. The van der Waals surface area contributed by atoms with Crippen molar-refractivity contribution >= 4 is 11.6 Å². The molecule has 2 aromatic rings. The van der Waals surface area contributed by atoms with E-state index in [9.17, 15) is 9.18 Å². The lowest BCUT2D eigenvalue weighted by atomic mass is 9.92. The molecule has 0 radical (unpaired) electrons. The number of nitrogens with one attached hydrogen (secondary N) is 1. The smallest absolute Gasteiger partial charge is 0.241 e. The van der Waals surface area contributed by atoms with Crippen LogP contribution >= 0.6 is 0 Å². The fraction of sp³-hybridized carbons (Fsp3) is 0.412. The van der Waals surface area contributed by atoms with Gasteiger partial charge in [0.15, 0.2) is 5.82 Å². The van der Waals surface area contributed by atoms with Gasteiger partial charge in [-0.25, -0.2) is 9.07 Å². The second-order valence-corrected chi connectivity index (χ2v) is 6.09. The zero-order chi connectivity index (χ0) is 17.1. The number of nitrogens with two attached hydrogens (primary N) is 1. The van der Waals surface area contributed by atoms with Crippen LogP contribution in [0.4, 0.5) is 10.1 Å². The molecule has 1 aliphatic heterocycles. The molecular formula is C17H21FN4O2. The number of halogens is 1. The van der Waals surface area contributed by atoms with Gasteiger partial charge in [-0.15, -0.1) is 0 Å². The Hall–Kier alpha value is -2.25. The number of hydrogen-bond donors (Lipinski definition) is 2. The van der Waals surface area contributed by atoms with Gasteiger partial charge in [0.1, 0.15) is 5.69 Å². The third kappa shape index (κ3) is 3.63. The van der Waals surface area contributed by atoms with Gasteiger partial charge in [-0.2, -0.15) is 5.10 Å². The maximum absolute atomic E-state index is 14.3. The Labute approximate surface area is 139 Å². The molecule has 1 amide bonds. The predicted octanol–water partition coefficient (Wildman–Crippen LogP) is 2.01. The number of benzene rings is 1. The van der Waals surface area contributed by atoms with Gasteiger partial charge in [0.2, 0.25) is 5.91 Å². The van der Waals surface area contributed by atoms with E-state index in [1.807, 2.05) is 6.92 Å². The quantitative estimate of drug-likeness (QED) is 0.897. The van der Waals surface area contributed by atoms with Crippen LogP contribution in [0, 0.1) is 18.7 Å². The minimum atomic E-state index is -0.620. The van der Waals surface area contributed by atoms with Crippen molar-refractivity contribution < 1.29 is 13.9 Å². The first kappa shape index (κ1) is 16.6. The molecule has 6 nitrogen and oxygen atoms in total. The molecule has 7 heteroatoms. The number of ether oxygens (including phenoxy) is 1. The minimum absolute atomic E-state index is 0.0925. The van der Waals surface area contributed by atoms with Gasteiger partial charge < -0.3 is 15.8 Å². The zero-order valence-corrected chi connectivity index (χ0v) is 13.5. The Bertz CT molecular complexity index is 725. The van der Waals surface area contributed by atoms with Crippen molar-refractivity contribution in [1.29, 1.82) is 0 Å². The summed E-state index contributed by atoms with van der Waals surface area (Å²) < 4.78 is 21.0. The summed E-state index contributed by atoms with van der Waals surface area (Å²) in [7, 11) is 0. The Kier molecular flexibility index (Phi) is 4.92. The van der Waals surface area contributed by atoms with Crippen LogP contribution in [0.25, 0.3) is 5.69 Å². The van der Waals surface area contributed by atoms with E-state index in [1.165, 1.54) is 10.7 Å². The molecule has 0 saturated carbocycles. The number of aromatic nitrogens is 2. The number of amides is 1. The first-order valence-electron chi connectivity index (χ1n) is 8.00. The van der Waals surface area contributed by atoms with Gasteiger partial charge in [0.05, 0.1) is 12.2 Å². The highest BCUT2D eigenvalue weighted by molar-refractivity contribution is 5.95. The lowest BCUT2D eigenvalue weighted by Gasteiger charge is -2.26. The Morgan fingerprint density at radius 2 is 2.21 bits per heavy atom. The second-order valence-electron chi connectivity index (χ2n) is 6.09. The maximum Gasteiger partial charge on any atom is 0.241 e. The first-order chi connectivity index (χ1) is 11.5. The summed E-state index contributed by atoms with van der Waals surface area (Å²) in [6.07, 6.45) is 4.92. The van der Waals surface area contributed by atoms with Crippen LogP contribution in [0.1, 0.15) is 18.4 Å². The van der Waals surface area contributed by atoms with Crippen LogP contribution in [0.2, 0.25) is 0 Å². The van der Waals surface area contributed by atoms with E-state index in [-0.39, 0.29) is 11.8 Å². The molecule has 1 fully saturated rings. The summed E-state index contributed by atoms with van der Waals surface area (Å²) in [5.41, 5.74) is 7.68. The average molecular weight is 332 g/mol. The number of carbonyl (C=O) groups is 1. The normalized spacial score (nSPS) is 16.8. The van der Waals surface area contributed by atoms with E-state index < -0.39 is 11.9 Å². The molecule has 24 heavy (non-hydrogen) atoms. The van der Waals surface area contributed by atoms with Crippen LogP contribution in [0.3, 0.4) is 0 Å². The van der Waals surface area contributed by atoms with Crippen molar-refractivity contribution in [3.05, 3.63) is 42.0 Å². The molecule has 0 bridgehead atoms. The summed E-state index contributed by atoms with van der Waals surface area (Å²) in [6, 6.07) is 3.88. The highest BCUT2D eigenvalue weighted by atomic mass is 19.1. The van der Waals surface area contributed by atoms with Crippen LogP contribution in [0.15, 0.2) is 30.6 Å². The molecule has 1 aromatic heterocycles. The Balaban J connectivity index is 1.69. The van der Waals surface area contributed by atoms with E-state index in [0.29, 0.717) is 24.6 Å². The Morgan fingerprint density at radius 3 is 2.83 bits per heavy atom. The summed E-state index contributed by atoms with van der Waals surface area (Å²) in [5, 5.41) is 6.77. The number of carbonyl (C=O) groups excluding carboxylic acids is 1. The monoisotopic (exact) mass is 332 g/mol. The van der Waals surface area contributed by atoms with Gasteiger partial charge >= 0.3 is 0 Å². The van der Waals surface area contributed by atoms with Crippen molar-refractivity contribution in [3.8, 4) is 5.69 Å². The standard InChI is InChI=1S/C17H21FN4O2/c1-11-9-20-22(10-11)15-3-2-13(8-14(15)18)21-17(23)16(19)12-4-6-24-7-5-12/h2-3,8-10,12,16H,4-7,19H2,1H3,(H,21,23). The predicted molar refractivity (Wildman–Crippen MR) is 88.4 cm³/mol. The molecule has 3 N–H and O–H groups in total. The zero-order valence-electron chi connectivity index (χ0n) is 13.5. The number of anilines is 1. The molecule has 2 heterocycles. The van der Waals surface area contributed by atoms with Crippen LogP contribution in [0.5, 0.6) is 0 Å². The van der Waals surface area contributed by atoms with Gasteiger partial charge in [0.25, 0.3) is 0 Å². The van der Waals surface area contributed by atoms with E-state index in [4.69, 9.17) is 10.5 Å². The van der Waals surface area contributed by atoms with E-state index in [1.54, 1.807) is 24.5 Å². The molecule has 128 valence electrons.